The predicted octanol–water partition coefficient (Wildman–Crippen LogP) is 1.21. The fourth-order valence-corrected chi connectivity index (χ4v) is 2.36. The number of nitrogens with zero attached hydrogens (tertiary/aromatic N) is 2. The molecule has 21 heavy (non-hydrogen) atoms. The van der Waals surface area contributed by atoms with E-state index in [1.54, 1.807) is 18.3 Å². The fourth-order valence-electron chi connectivity index (χ4n) is 2.36. The minimum Gasteiger partial charge on any atom is -0.476 e. The van der Waals surface area contributed by atoms with Gasteiger partial charge in [0.05, 0.1) is 12.5 Å². The van der Waals surface area contributed by atoms with Gasteiger partial charge in [0.25, 0.3) is 0 Å². The Morgan fingerprint density at radius 3 is 3.10 bits per heavy atom. The van der Waals surface area contributed by atoms with Crippen LogP contribution in [0, 0.1) is 5.92 Å². The molecule has 1 aromatic heterocycles. The fraction of sp³-hybridized carbons (Fsp3) is 0.500. The molecule has 0 bridgehead atoms. The van der Waals surface area contributed by atoms with E-state index in [2.05, 4.69) is 10.3 Å². The summed E-state index contributed by atoms with van der Waals surface area (Å²) < 4.78 is 5.37. The first-order valence-electron chi connectivity index (χ1n) is 7.05. The van der Waals surface area contributed by atoms with Crippen LogP contribution in [0.25, 0.3) is 0 Å². The van der Waals surface area contributed by atoms with Crippen LogP contribution in [-0.2, 0) is 4.79 Å². The zero-order valence-corrected chi connectivity index (χ0v) is 12.0. The molecule has 1 aromatic rings. The smallest absolute Gasteiger partial charge is 0.314 e. The van der Waals surface area contributed by atoms with Gasteiger partial charge in [-0.05, 0) is 31.9 Å². The van der Waals surface area contributed by atoms with E-state index in [-0.39, 0.29) is 11.8 Å². The quantitative estimate of drug-likeness (QED) is 0.871. The molecule has 114 valence electrons. The molecule has 1 atom stereocenters. The summed E-state index contributed by atoms with van der Waals surface area (Å²) in [6.07, 6.45) is 3.11. The molecule has 7 nitrogen and oxygen atoms in total. The summed E-state index contributed by atoms with van der Waals surface area (Å²) in [6.45, 7) is 3.28. The van der Waals surface area contributed by atoms with Crippen LogP contribution >= 0.6 is 0 Å². The van der Waals surface area contributed by atoms with Crippen LogP contribution < -0.4 is 15.8 Å². The van der Waals surface area contributed by atoms with E-state index in [0.29, 0.717) is 31.3 Å². The molecule has 0 aliphatic carbocycles. The van der Waals surface area contributed by atoms with Gasteiger partial charge in [-0.25, -0.2) is 9.78 Å². The van der Waals surface area contributed by atoms with E-state index in [1.165, 1.54) is 4.90 Å². The topological polar surface area (TPSA) is 97.6 Å². The zero-order valence-electron chi connectivity index (χ0n) is 12.0. The second-order valence-electron chi connectivity index (χ2n) is 4.90. The van der Waals surface area contributed by atoms with Crippen molar-refractivity contribution in [1.29, 1.82) is 0 Å². The second-order valence-corrected chi connectivity index (χ2v) is 4.90. The summed E-state index contributed by atoms with van der Waals surface area (Å²) in [7, 11) is 0. The van der Waals surface area contributed by atoms with E-state index < -0.39 is 6.03 Å². The monoisotopic (exact) mass is 292 g/mol. The van der Waals surface area contributed by atoms with Crippen LogP contribution in [0.1, 0.15) is 19.8 Å². The number of rotatable bonds is 4. The molecule has 1 aliphatic heterocycles. The summed E-state index contributed by atoms with van der Waals surface area (Å²) in [5.41, 5.74) is 5.81. The predicted molar refractivity (Wildman–Crippen MR) is 77.9 cm³/mol. The first-order chi connectivity index (χ1) is 10.1. The number of carbonyl (C=O) groups excluding carboxylic acids is 2. The lowest BCUT2D eigenvalue weighted by Crippen LogP contribution is -2.46. The number of amides is 3. The minimum absolute atomic E-state index is 0.144. The van der Waals surface area contributed by atoms with Crippen molar-refractivity contribution in [2.45, 2.75) is 19.8 Å². The number of pyridine rings is 1. The van der Waals surface area contributed by atoms with Gasteiger partial charge in [0.15, 0.2) is 0 Å². The Bertz CT molecular complexity index is 521. The molecule has 7 heteroatoms. The van der Waals surface area contributed by atoms with Crippen molar-refractivity contribution in [3.8, 4) is 5.88 Å². The molecule has 1 saturated heterocycles. The third-order valence-corrected chi connectivity index (χ3v) is 3.41. The first-order valence-corrected chi connectivity index (χ1v) is 7.05. The normalized spacial score (nSPS) is 18.1. The molecule has 0 spiro atoms. The SMILES string of the molecule is CCOc1ncccc1NC(=O)C1CCCN(C(N)=O)C1. The van der Waals surface area contributed by atoms with Gasteiger partial charge in [-0.1, -0.05) is 0 Å². The second kappa shape index (κ2) is 6.92. The average Bonchev–Trinajstić information content (AvgIpc) is 2.49. The Morgan fingerprint density at radius 1 is 1.57 bits per heavy atom. The number of aromatic nitrogens is 1. The molecule has 2 rings (SSSR count). The van der Waals surface area contributed by atoms with Gasteiger partial charge in [0, 0.05) is 19.3 Å². The highest BCUT2D eigenvalue weighted by atomic mass is 16.5. The van der Waals surface area contributed by atoms with Crippen molar-refractivity contribution >= 4 is 17.6 Å². The molecule has 3 N–H and O–H groups in total. The molecule has 1 aliphatic rings. The average molecular weight is 292 g/mol. The number of urea groups is 1. The maximum absolute atomic E-state index is 12.3. The third kappa shape index (κ3) is 3.84. The number of nitrogens with two attached hydrogens (primary N) is 1. The summed E-state index contributed by atoms with van der Waals surface area (Å²) in [4.78, 5) is 29.1. The molecule has 0 saturated carbocycles. The van der Waals surface area contributed by atoms with Crippen molar-refractivity contribution in [2.75, 3.05) is 25.0 Å². The lowest BCUT2D eigenvalue weighted by molar-refractivity contribution is -0.121. The number of nitrogens with one attached hydrogen (secondary N) is 1. The molecule has 2 heterocycles. The first kappa shape index (κ1) is 15.1. The van der Waals surface area contributed by atoms with Crippen molar-refractivity contribution in [2.24, 2.45) is 11.7 Å². The number of likely N-dealkylation sites (tertiary alicyclic amines) is 1. The molecular formula is C14H20N4O3. The summed E-state index contributed by atoms with van der Waals surface area (Å²) >= 11 is 0. The molecule has 1 unspecified atom stereocenters. The van der Waals surface area contributed by atoms with Crippen molar-refractivity contribution in [3.05, 3.63) is 18.3 Å². The molecule has 0 aromatic carbocycles. The molecular weight excluding hydrogens is 272 g/mol. The Kier molecular flexibility index (Phi) is 4.97. The Morgan fingerprint density at radius 2 is 2.38 bits per heavy atom. The van der Waals surface area contributed by atoms with E-state index in [4.69, 9.17) is 10.5 Å². The number of anilines is 1. The number of ether oxygens (including phenoxy) is 1. The van der Waals surface area contributed by atoms with Crippen LogP contribution in [0.15, 0.2) is 18.3 Å². The third-order valence-electron chi connectivity index (χ3n) is 3.41. The Labute approximate surface area is 123 Å². The van der Waals surface area contributed by atoms with Crippen LogP contribution in [-0.4, -0.2) is 41.5 Å². The number of hydrogen-bond acceptors (Lipinski definition) is 4. The largest absolute Gasteiger partial charge is 0.476 e. The standard InChI is InChI=1S/C14H20N4O3/c1-2-21-13-11(6-3-7-16-13)17-12(19)10-5-4-8-18(9-10)14(15)20/h3,6-7,10H,2,4-5,8-9H2,1H3,(H2,15,20)(H,17,19). The number of carbonyl (C=O) groups is 2. The van der Waals surface area contributed by atoms with Gasteiger partial charge < -0.3 is 20.7 Å². The van der Waals surface area contributed by atoms with E-state index in [0.717, 1.165) is 12.8 Å². The number of hydrogen-bond donors (Lipinski definition) is 2. The van der Waals surface area contributed by atoms with E-state index in [9.17, 15) is 9.59 Å². The van der Waals surface area contributed by atoms with Gasteiger partial charge in [-0.3, -0.25) is 4.79 Å². The number of piperidine rings is 1. The molecule has 1 fully saturated rings. The van der Waals surface area contributed by atoms with Gasteiger partial charge in [0.1, 0.15) is 5.69 Å². The van der Waals surface area contributed by atoms with Crippen molar-refractivity contribution in [3.63, 3.8) is 0 Å². The van der Waals surface area contributed by atoms with Crippen LogP contribution in [0.5, 0.6) is 5.88 Å². The highest BCUT2D eigenvalue weighted by Gasteiger charge is 2.28. The summed E-state index contributed by atoms with van der Waals surface area (Å²) in [6, 6.07) is 2.99. The molecule has 0 radical (unpaired) electrons. The lowest BCUT2D eigenvalue weighted by Gasteiger charge is -2.30. The van der Waals surface area contributed by atoms with Gasteiger partial charge in [-0.15, -0.1) is 0 Å². The minimum atomic E-state index is -0.483. The van der Waals surface area contributed by atoms with Crippen LogP contribution in [0.2, 0.25) is 0 Å². The number of primary amides is 1. The zero-order chi connectivity index (χ0) is 15.2. The summed E-state index contributed by atoms with van der Waals surface area (Å²) in [5.74, 6) is -0.00764. The lowest BCUT2D eigenvalue weighted by atomic mass is 9.97. The maximum Gasteiger partial charge on any atom is 0.314 e. The Hall–Kier alpha value is -2.31. The summed E-state index contributed by atoms with van der Waals surface area (Å²) in [5, 5.41) is 2.82. The van der Waals surface area contributed by atoms with Gasteiger partial charge in [0.2, 0.25) is 11.8 Å². The highest BCUT2D eigenvalue weighted by Crippen LogP contribution is 2.23. The van der Waals surface area contributed by atoms with E-state index >= 15 is 0 Å². The van der Waals surface area contributed by atoms with Crippen LogP contribution in [0.4, 0.5) is 10.5 Å². The van der Waals surface area contributed by atoms with Gasteiger partial charge >= 0.3 is 6.03 Å². The van der Waals surface area contributed by atoms with E-state index in [1.807, 2.05) is 6.92 Å². The van der Waals surface area contributed by atoms with Crippen molar-refractivity contribution in [1.82, 2.24) is 9.88 Å². The van der Waals surface area contributed by atoms with Crippen molar-refractivity contribution < 1.29 is 14.3 Å². The molecule has 3 amide bonds. The van der Waals surface area contributed by atoms with Gasteiger partial charge in [-0.2, -0.15) is 0 Å². The highest BCUT2D eigenvalue weighted by molar-refractivity contribution is 5.94. The Balaban J connectivity index is 2.02. The van der Waals surface area contributed by atoms with Crippen LogP contribution in [0.3, 0.4) is 0 Å². The maximum atomic E-state index is 12.3.